The first-order valence-electron chi connectivity index (χ1n) is 7.96. The van der Waals surface area contributed by atoms with Crippen LogP contribution in [0.1, 0.15) is 22.6 Å². The summed E-state index contributed by atoms with van der Waals surface area (Å²) in [5.41, 5.74) is 0. The van der Waals surface area contributed by atoms with Crippen molar-refractivity contribution in [2.45, 2.75) is 19.8 Å². The van der Waals surface area contributed by atoms with E-state index in [4.69, 9.17) is 0 Å². The zero-order valence-corrected chi connectivity index (χ0v) is 14.7. The molecule has 1 saturated heterocycles. The van der Waals surface area contributed by atoms with Gasteiger partial charge in [0.2, 0.25) is 11.8 Å². The van der Waals surface area contributed by atoms with E-state index >= 15 is 0 Å². The summed E-state index contributed by atoms with van der Waals surface area (Å²) in [7, 11) is 0. The second kappa shape index (κ2) is 8.26. The summed E-state index contributed by atoms with van der Waals surface area (Å²) in [6, 6.07) is 4.10. The lowest BCUT2D eigenvalue weighted by atomic mass is 10.1. The van der Waals surface area contributed by atoms with Crippen LogP contribution in [0.3, 0.4) is 0 Å². The summed E-state index contributed by atoms with van der Waals surface area (Å²) in [4.78, 5) is 30.7. The Morgan fingerprint density at radius 3 is 2.61 bits per heavy atom. The molecule has 0 aliphatic carbocycles. The molecule has 0 unspecified atom stereocenters. The van der Waals surface area contributed by atoms with E-state index in [2.05, 4.69) is 29.8 Å². The molecule has 2 amide bonds. The summed E-state index contributed by atoms with van der Waals surface area (Å²) < 4.78 is 0. The summed E-state index contributed by atoms with van der Waals surface area (Å²) >= 11 is 1.69. The Bertz CT molecular complexity index is 562. The monoisotopic (exact) mass is 335 g/mol. The molecule has 1 aliphatic heterocycles. The smallest absolute Gasteiger partial charge is 0.234 e. The van der Waals surface area contributed by atoms with Gasteiger partial charge in [0.15, 0.2) is 0 Å². The molecule has 0 bridgehead atoms. The lowest BCUT2D eigenvalue weighted by Gasteiger charge is -2.35. The summed E-state index contributed by atoms with van der Waals surface area (Å²) in [6.45, 7) is 11.3. The number of hydrogen-bond acceptors (Lipinski definition) is 4. The Labute approximate surface area is 142 Å². The predicted octanol–water partition coefficient (Wildman–Crippen LogP) is 1.61. The maximum Gasteiger partial charge on any atom is 0.234 e. The van der Waals surface area contributed by atoms with Crippen LogP contribution >= 0.6 is 11.3 Å². The first-order chi connectivity index (χ1) is 11.0. The maximum absolute atomic E-state index is 12.6. The minimum absolute atomic E-state index is 0.00658. The summed E-state index contributed by atoms with van der Waals surface area (Å²) in [5.74, 6) is 0.103. The van der Waals surface area contributed by atoms with E-state index in [-0.39, 0.29) is 17.7 Å². The Hall–Kier alpha value is -1.66. The van der Waals surface area contributed by atoms with Gasteiger partial charge in [-0.25, -0.2) is 0 Å². The van der Waals surface area contributed by atoms with Gasteiger partial charge in [0, 0.05) is 42.5 Å². The maximum atomic E-state index is 12.6. The van der Waals surface area contributed by atoms with Crippen molar-refractivity contribution in [2.75, 3.05) is 39.3 Å². The Morgan fingerprint density at radius 2 is 2.04 bits per heavy atom. The van der Waals surface area contributed by atoms with Crippen molar-refractivity contribution in [1.82, 2.24) is 15.1 Å². The van der Waals surface area contributed by atoms with Gasteiger partial charge in [-0.15, -0.1) is 17.9 Å². The van der Waals surface area contributed by atoms with Crippen LogP contribution in [0.15, 0.2) is 24.8 Å². The average Bonchev–Trinajstić information content (AvgIpc) is 2.98. The molecule has 1 fully saturated rings. The Morgan fingerprint density at radius 1 is 1.35 bits per heavy atom. The molecule has 0 saturated carbocycles. The minimum Gasteiger partial charge on any atom is -0.352 e. The molecule has 126 valence electrons. The zero-order chi connectivity index (χ0) is 16.8. The minimum atomic E-state index is -0.0869. The van der Waals surface area contributed by atoms with E-state index in [1.807, 2.05) is 17.9 Å². The molecule has 5 nitrogen and oxygen atoms in total. The average molecular weight is 335 g/mol. The van der Waals surface area contributed by atoms with Gasteiger partial charge in [-0.3, -0.25) is 14.5 Å². The molecule has 6 heteroatoms. The van der Waals surface area contributed by atoms with Crippen molar-refractivity contribution in [1.29, 1.82) is 0 Å². The number of aryl methyl sites for hydroxylation is 1. The fourth-order valence-electron chi connectivity index (χ4n) is 2.65. The van der Waals surface area contributed by atoms with Gasteiger partial charge in [0.05, 0.1) is 12.5 Å². The van der Waals surface area contributed by atoms with Gasteiger partial charge in [-0.05, 0) is 26.0 Å². The van der Waals surface area contributed by atoms with Gasteiger partial charge < -0.3 is 10.2 Å². The number of carbonyl (C=O) groups excluding carboxylic acids is 2. The number of thiophene rings is 1. The highest BCUT2D eigenvalue weighted by Crippen LogP contribution is 2.26. The van der Waals surface area contributed by atoms with Gasteiger partial charge in [-0.1, -0.05) is 6.08 Å². The van der Waals surface area contributed by atoms with Crippen LogP contribution in [0.25, 0.3) is 0 Å². The molecule has 23 heavy (non-hydrogen) atoms. The topological polar surface area (TPSA) is 52.7 Å². The van der Waals surface area contributed by atoms with Crippen LogP contribution in [0.4, 0.5) is 0 Å². The quantitative estimate of drug-likeness (QED) is 0.804. The van der Waals surface area contributed by atoms with Crippen molar-refractivity contribution < 1.29 is 9.59 Å². The Balaban J connectivity index is 1.80. The second-order valence-electron chi connectivity index (χ2n) is 5.86. The third kappa shape index (κ3) is 4.91. The number of piperazine rings is 1. The highest BCUT2D eigenvalue weighted by Gasteiger charge is 2.27. The molecule has 1 aromatic rings. The fourth-order valence-corrected chi connectivity index (χ4v) is 3.57. The molecule has 0 aromatic carbocycles. The fraction of sp³-hybridized carbons (Fsp3) is 0.529. The highest BCUT2D eigenvalue weighted by molar-refractivity contribution is 7.12. The highest BCUT2D eigenvalue weighted by atomic mass is 32.1. The van der Waals surface area contributed by atoms with Crippen molar-refractivity contribution in [2.24, 2.45) is 0 Å². The molecule has 2 heterocycles. The zero-order valence-electron chi connectivity index (χ0n) is 13.9. The van der Waals surface area contributed by atoms with Crippen LogP contribution in [0, 0.1) is 6.92 Å². The van der Waals surface area contributed by atoms with Crippen molar-refractivity contribution >= 4 is 23.2 Å². The van der Waals surface area contributed by atoms with Crippen LogP contribution in [0.2, 0.25) is 0 Å². The molecule has 2 rings (SSSR count). The third-order valence-corrected chi connectivity index (χ3v) is 5.24. The van der Waals surface area contributed by atoms with E-state index in [0.717, 1.165) is 18.0 Å². The molecule has 1 N–H and O–H groups in total. The number of hydrogen-bond donors (Lipinski definition) is 1. The normalized spacial score (nSPS) is 16.9. The summed E-state index contributed by atoms with van der Waals surface area (Å²) in [6.07, 6.45) is 1.67. The standard InChI is InChI=1S/C17H25N3O2S/c1-4-7-18-16(21)12-19-8-10-20(11-9-19)17(22)14(3)15-6-5-13(2)23-15/h4-6,14H,1,7-12H2,2-3H3,(H,18,21)/t14-/m1/s1. The lowest BCUT2D eigenvalue weighted by molar-refractivity contribution is -0.134. The van der Waals surface area contributed by atoms with Crippen LogP contribution in [0.5, 0.6) is 0 Å². The number of rotatable bonds is 6. The van der Waals surface area contributed by atoms with Crippen LogP contribution in [-0.4, -0.2) is 60.9 Å². The second-order valence-corrected chi connectivity index (χ2v) is 7.18. The number of nitrogens with one attached hydrogen (secondary N) is 1. The first kappa shape index (κ1) is 17.7. The number of nitrogens with zero attached hydrogens (tertiary/aromatic N) is 2. The van der Waals surface area contributed by atoms with Gasteiger partial charge in [0.1, 0.15) is 0 Å². The van der Waals surface area contributed by atoms with Crippen molar-refractivity contribution in [3.63, 3.8) is 0 Å². The van der Waals surface area contributed by atoms with Crippen molar-refractivity contribution in [3.8, 4) is 0 Å². The molecule has 1 aromatic heterocycles. The van der Waals surface area contributed by atoms with E-state index in [1.54, 1.807) is 17.4 Å². The predicted molar refractivity (Wildman–Crippen MR) is 93.7 cm³/mol. The van der Waals surface area contributed by atoms with Gasteiger partial charge in [-0.2, -0.15) is 0 Å². The van der Waals surface area contributed by atoms with Crippen LogP contribution in [-0.2, 0) is 9.59 Å². The summed E-state index contributed by atoms with van der Waals surface area (Å²) in [5, 5.41) is 2.78. The molecule has 1 atom stereocenters. The van der Waals surface area contributed by atoms with Crippen molar-refractivity contribution in [3.05, 3.63) is 34.5 Å². The molecular formula is C17H25N3O2S. The van der Waals surface area contributed by atoms with E-state index < -0.39 is 0 Å². The Kier molecular flexibility index (Phi) is 6.36. The molecule has 1 aliphatic rings. The molecule has 0 radical (unpaired) electrons. The van der Waals surface area contributed by atoms with E-state index in [9.17, 15) is 9.59 Å². The SMILES string of the molecule is C=CCNC(=O)CN1CCN(C(=O)[C@H](C)c2ccc(C)s2)CC1. The number of carbonyl (C=O) groups is 2. The van der Waals surface area contributed by atoms with E-state index in [1.165, 1.54) is 4.88 Å². The molecule has 0 spiro atoms. The third-order valence-electron chi connectivity index (χ3n) is 4.05. The van der Waals surface area contributed by atoms with Gasteiger partial charge >= 0.3 is 0 Å². The largest absolute Gasteiger partial charge is 0.352 e. The lowest BCUT2D eigenvalue weighted by Crippen LogP contribution is -2.51. The number of amides is 2. The van der Waals surface area contributed by atoms with Crippen LogP contribution < -0.4 is 5.32 Å². The molecular weight excluding hydrogens is 310 g/mol. The van der Waals surface area contributed by atoms with E-state index in [0.29, 0.717) is 26.2 Å². The van der Waals surface area contributed by atoms with Gasteiger partial charge in [0.25, 0.3) is 0 Å². The first-order valence-corrected chi connectivity index (χ1v) is 8.78.